The second-order valence-electron chi connectivity index (χ2n) is 3.05. The molecule has 0 saturated heterocycles. The average molecular weight is 238 g/mol. The number of hydrogen-bond acceptors (Lipinski definition) is 4. The third-order valence-corrected chi connectivity index (χ3v) is 1.96. The summed E-state index contributed by atoms with van der Waals surface area (Å²) in [5.74, 6) is 0.732. The SMILES string of the molecule is COc1ccc(OC)c(/C=N/[N+]([O-])=C(N)N)c1. The molecule has 0 amide bonds. The highest BCUT2D eigenvalue weighted by Crippen LogP contribution is 2.22. The number of nitrogens with zero attached hydrogens (tertiary/aromatic N) is 2. The predicted molar refractivity (Wildman–Crippen MR) is 64.1 cm³/mol. The van der Waals surface area contributed by atoms with Crippen molar-refractivity contribution in [1.29, 1.82) is 0 Å². The van der Waals surface area contributed by atoms with E-state index in [0.717, 1.165) is 0 Å². The van der Waals surface area contributed by atoms with E-state index in [0.29, 0.717) is 17.1 Å². The average Bonchev–Trinajstić information content (AvgIpc) is 2.35. The molecule has 0 fully saturated rings. The zero-order valence-corrected chi connectivity index (χ0v) is 9.58. The van der Waals surface area contributed by atoms with Gasteiger partial charge in [-0.2, -0.15) is 0 Å². The van der Waals surface area contributed by atoms with E-state index in [9.17, 15) is 5.21 Å². The highest BCUT2D eigenvalue weighted by molar-refractivity contribution is 5.84. The second-order valence-corrected chi connectivity index (χ2v) is 3.05. The minimum Gasteiger partial charge on any atom is -0.722 e. The van der Waals surface area contributed by atoms with Gasteiger partial charge in [0, 0.05) is 5.56 Å². The van der Waals surface area contributed by atoms with Crippen LogP contribution in [0.25, 0.3) is 0 Å². The van der Waals surface area contributed by atoms with E-state index in [4.69, 9.17) is 20.9 Å². The lowest BCUT2D eigenvalue weighted by Gasteiger charge is -2.07. The van der Waals surface area contributed by atoms with Crippen LogP contribution >= 0.6 is 0 Å². The molecule has 0 bridgehead atoms. The fourth-order valence-corrected chi connectivity index (χ4v) is 1.12. The monoisotopic (exact) mass is 238 g/mol. The molecule has 1 aromatic carbocycles. The molecule has 1 aromatic rings. The standard InChI is InChI=1S/C10H14N4O3/c1-16-8-3-4-9(17-2)7(5-8)6-13-14(15)10(11)12/h3-6H,11-12H2,1-2H3/b13-6+. The summed E-state index contributed by atoms with van der Waals surface area (Å²) in [6, 6.07) is 5.10. The molecule has 0 aliphatic rings. The lowest BCUT2D eigenvalue weighted by atomic mass is 10.2. The fraction of sp³-hybridized carbons (Fsp3) is 0.200. The zero-order chi connectivity index (χ0) is 12.8. The second kappa shape index (κ2) is 5.59. The highest BCUT2D eigenvalue weighted by Gasteiger charge is 2.02. The molecule has 7 heteroatoms. The summed E-state index contributed by atoms with van der Waals surface area (Å²) in [6.07, 6.45) is 1.29. The van der Waals surface area contributed by atoms with Crippen molar-refractivity contribution >= 4 is 12.2 Å². The third-order valence-electron chi connectivity index (χ3n) is 1.96. The first-order chi connectivity index (χ1) is 8.08. The molecule has 0 unspecified atom stereocenters. The number of hydrazone groups is 1. The Morgan fingerprint density at radius 1 is 1.35 bits per heavy atom. The number of guanidine groups is 1. The van der Waals surface area contributed by atoms with Gasteiger partial charge in [-0.1, -0.05) is 0 Å². The first kappa shape index (κ1) is 12.6. The van der Waals surface area contributed by atoms with Crippen molar-refractivity contribution < 1.29 is 14.3 Å². The molecule has 0 aliphatic heterocycles. The summed E-state index contributed by atoms with van der Waals surface area (Å²) in [5, 5.41) is 14.5. The van der Waals surface area contributed by atoms with Crippen molar-refractivity contribution in [1.82, 2.24) is 0 Å². The Kier molecular flexibility index (Phi) is 4.15. The zero-order valence-electron chi connectivity index (χ0n) is 9.58. The third kappa shape index (κ3) is 3.26. The van der Waals surface area contributed by atoms with Gasteiger partial charge in [-0.15, -0.1) is 9.95 Å². The Morgan fingerprint density at radius 3 is 2.59 bits per heavy atom. The molecule has 0 atom stereocenters. The molecule has 1 rings (SSSR count). The Bertz CT molecular complexity index is 453. The predicted octanol–water partition coefficient (Wildman–Crippen LogP) is -0.179. The minimum absolute atomic E-state index is 0.110. The molecule has 0 aromatic heterocycles. The van der Waals surface area contributed by atoms with Crippen molar-refractivity contribution in [2.45, 2.75) is 0 Å². The van der Waals surface area contributed by atoms with E-state index < -0.39 is 5.96 Å². The van der Waals surface area contributed by atoms with Crippen LogP contribution in [0.4, 0.5) is 0 Å². The van der Waals surface area contributed by atoms with Gasteiger partial charge < -0.3 is 14.7 Å². The number of benzene rings is 1. The minimum atomic E-state index is -0.442. The normalized spacial score (nSPS) is 10.2. The van der Waals surface area contributed by atoms with Gasteiger partial charge in [0.05, 0.1) is 20.4 Å². The van der Waals surface area contributed by atoms with Crippen LogP contribution in [-0.2, 0) is 0 Å². The van der Waals surface area contributed by atoms with Crippen LogP contribution in [-0.4, -0.2) is 31.2 Å². The number of methoxy groups -OCH3 is 2. The van der Waals surface area contributed by atoms with Gasteiger partial charge in [0.15, 0.2) is 0 Å². The maximum Gasteiger partial charge on any atom is 0.366 e. The van der Waals surface area contributed by atoms with Crippen molar-refractivity contribution in [3.05, 3.63) is 29.0 Å². The smallest absolute Gasteiger partial charge is 0.366 e. The van der Waals surface area contributed by atoms with Gasteiger partial charge in [0.25, 0.3) is 0 Å². The van der Waals surface area contributed by atoms with Gasteiger partial charge >= 0.3 is 5.96 Å². The summed E-state index contributed by atoms with van der Waals surface area (Å²) < 4.78 is 10.1. The molecular formula is C10H14N4O3. The van der Waals surface area contributed by atoms with Crippen molar-refractivity contribution in [2.24, 2.45) is 16.6 Å². The largest absolute Gasteiger partial charge is 0.722 e. The molecule has 0 aliphatic carbocycles. The van der Waals surface area contributed by atoms with Crippen LogP contribution in [0.5, 0.6) is 11.5 Å². The molecule has 0 spiro atoms. The van der Waals surface area contributed by atoms with Crippen molar-refractivity contribution in [2.75, 3.05) is 14.2 Å². The van der Waals surface area contributed by atoms with E-state index in [-0.39, 0.29) is 4.85 Å². The number of nitrogens with two attached hydrogens (primary N) is 2. The fourth-order valence-electron chi connectivity index (χ4n) is 1.12. The van der Waals surface area contributed by atoms with Gasteiger partial charge in [0.2, 0.25) is 0 Å². The molecular weight excluding hydrogens is 224 g/mol. The molecule has 0 radical (unpaired) electrons. The molecule has 92 valence electrons. The van der Waals surface area contributed by atoms with Crippen LogP contribution in [0.2, 0.25) is 0 Å². The summed E-state index contributed by atoms with van der Waals surface area (Å²) in [7, 11) is 3.05. The maximum absolute atomic E-state index is 11.0. The van der Waals surface area contributed by atoms with Gasteiger partial charge in [-0.05, 0) is 18.2 Å². The van der Waals surface area contributed by atoms with Crippen LogP contribution in [0.1, 0.15) is 5.56 Å². The van der Waals surface area contributed by atoms with Crippen LogP contribution in [0, 0.1) is 5.21 Å². The van der Waals surface area contributed by atoms with Crippen LogP contribution in [0.15, 0.2) is 23.3 Å². The molecule has 4 N–H and O–H groups in total. The van der Waals surface area contributed by atoms with Gasteiger partial charge in [-0.25, -0.2) is 0 Å². The van der Waals surface area contributed by atoms with E-state index in [1.165, 1.54) is 20.4 Å². The van der Waals surface area contributed by atoms with Gasteiger partial charge in [-0.3, -0.25) is 11.5 Å². The van der Waals surface area contributed by atoms with E-state index in [1.807, 2.05) is 0 Å². The first-order valence-corrected chi connectivity index (χ1v) is 4.69. The number of ether oxygens (including phenoxy) is 2. The summed E-state index contributed by atoms with van der Waals surface area (Å²) in [5.41, 5.74) is 10.7. The summed E-state index contributed by atoms with van der Waals surface area (Å²) in [4.78, 5) is 0.110. The Morgan fingerprint density at radius 2 is 2.06 bits per heavy atom. The summed E-state index contributed by atoms with van der Waals surface area (Å²) in [6.45, 7) is 0. The van der Waals surface area contributed by atoms with E-state index in [2.05, 4.69) is 5.10 Å². The van der Waals surface area contributed by atoms with Gasteiger partial charge in [0.1, 0.15) is 11.5 Å². The lowest BCUT2D eigenvalue weighted by molar-refractivity contribution is -0.463. The molecule has 0 heterocycles. The quantitative estimate of drug-likeness (QED) is 0.249. The van der Waals surface area contributed by atoms with Crippen molar-refractivity contribution in [3.63, 3.8) is 0 Å². The van der Waals surface area contributed by atoms with E-state index >= 15 is 0 Å². The Balaban J connectivity index is 3.07. The molecule has 0 saturated carbocycles. The summed E-state index contributed by atoms with van der Waals surface area (Å²) >= 11 is 0. The van der Waals surface area contributed by atoms with Crippen LogP contribution in [0.3, 0.4) is 0 Å². The van der Waals surface area contributed by atoms with Crippen LogP contribution < -0.4 is 20.9 Å². The van der Waals surface area contributed by atoms with E-state index in [1.54, 1.807) is 18.2 Å². The maximum atomic E-state index is 11.0. The number of hydrogen-bond donors (Lipinski definition) is 2. The van der Waals surface area contributed by atoms with Crippen molar-refractivity contribution in [3.8, 4) is 11.5 Å². The lowest BCUT2D eigenvalue weighted by Crippen LogP contribution is -2.30. The Hall–Kier alpha value is -2.44. The topological polar surface area (TPSA) is 109 Å². The first-order valence-electron chi connectivity index (χ1n) is 4.69. The number of rotatable bonds is 4. The Labute approximate surface area is 98.5 Å². The molecule has 17 heavy (non-hydrogen) atoms. The highest BCUT2D eigenvalue weighted by atomic mass is 16.5. The molecule has 7 nitrogen and oxygen atoms in total.